The number of rotatable bonds is 4. The minimum absolute atomic E-state index is 0.141. The maximum Gasteiger partial charge on any atom is 0.151 e. The van der Waals surface area contributed by atoms with Crippen molar-refractivity contribution < 1.29 is 13.5 Å². The monoisotopic (exact) mass is 298 g/mol. The quantitative estimate of drug-likeness (QED) is 0.844. The zero-order chi connectivity index (χ0) is 14.7. The Morgan fingerprint density at radius 3 is 2.75 bits per heavy atom. The van der Waals surface area contributed by atoms with Gasteiger partial charge in [0.2, 0.25) is 0 Å². The van der Waals surface area contributed by atoms with Gasteiger partial charge in [-0.15, -0.1) is 0 Å². The van der Waals surface area contributed by atoms with E-state index in [0.717, 1.165) is 12.1 Å². The molecule has 0 amide bonds. The largest absolute Gasteiger partial charge is 0.496 e. The van der Waals surface area contributed by atoms with Crippen LogP contribution in [-0.4, -0.2) is 7.11 Å². The first kappa shape index (κ1) is 14.4. The van der Waals surface area contributed by atoms with Crippen LogP contribution in [0, 0.1) is 11.6 Å². The molecule has 0 atom stereocenters. The molecule has 0 aliphatic carbocycles. The predicted molar refractivity (Wildman–Crippen MR) is 76.1 cm³/mol. The van der Waals surface area contributed by atoms with Gasteiger partial charge in [-0.2, -0.15) is 0 Å². The average Bonchev–Trinajstić information content (AvgIpc) is 2.42. The second-order valence-corrected chi connectivity index (χ2v) is 4.53. The van der Waals surface area contributed by atoms with E-state index in [9.17, 15) is 8.78 Å². The Morgan fingerprint density at radius 1 is 1.30 bits per heavy atom. The van der Waals surface area contributed by atoms with Gasteiger partial charge in [-0.25, -0.2) is 8.78 Å². The summed E-state index contributed by atoms with van der Waals surface area (Å²) in [5.74, 6) is -0.926. The van der Waals surface area contributed by atoms with Crippen molar-refractivity contribution in [1.82, 2.24) is 0 Å². The number of nitrogen functional groups attached to an aromatic ring is 1. The molecule has 2 rings (SSSR count). The third-order valence-electron chi connectivity index (χ3n) is 2.85. The maximum atomic E-state index is 13.3. The van der Waals surface area contributed by atoms with E-state index >= 15 is 0 Å². The van der Waals surface area contributed by atoms with Crippen LogP contribution < -0.4 is 15.8 Å². The lowest BCUT2D eigenvalue weighted by Gasteiger charge is -2.14. The predicted octanol–water partition coefficient (Wildman–Crippen LogP) is 3.82. The van der Waals surface area contributed by atoms with Crippen LogP contribution in [0.4, 0.5) is 20.2 Å². The van der Waals surface area contributed by atoms with Gasteiger partial charge in [0.05, 0.1) is 18.5 Å². The maximum absolute atomic E-state index is 13.3. The molecule has 0 saturated carbocycles. The van der Waals surface area contributed by atoms with E-state index < -0.39 is 11.6 Å². The molecular weight excluding hydrogens is 286 g/mol. The summed E-state index contributed by atoms with van der Waals surface area (Å²) in [4.78, 5) is 0. The number of hydrogen-bond acceptors (Lipinski definition) is 3. The lowest BCUT2D eigenvalue weighted by Crippen LogP contribution is -2.06. The van der Waals surface area contributed by atoms with Crippen molar-refractivity contribution in [2.75, 3.05) is 18.2 Å². The van der Waals surface area contributed by atoms with Crippen molar-refractivity contribution in [1.29, 1.82) is 0 Å². The zero-order valence-corrected chi connectivity index (χ0v) is 11.5. The molecule has 2 aromatic carbocycles. The van der Waals surface area contributed by atoms with Crippen LogP contribution in [0.15, 0.2) is 30.3 Å². The Bertz CT molecular complexity index is 635. The van der Waals surface area contributed by atoms with Crippen molar-refractivity contribution in [2.24, 2.45) is 0 Å². The van der Waals surface area contributed by atoms with Crippen LogP contribution in [0.25, 0.3) is 0 Å². The number of nitrogens with two attached hydrogens (primary N) is 1. The molecule has 0 fully saturated rings. The summed E-state index contributed by atoms with van der Waals surface area (Å²) in [5.41, 5.74) is 6.27. The minimum atomic E-state index is -0.807. The number of anilines is 2. The molecule has 2 aromatic rings. The highest BCUT2D eigenvalue weighted by Gasteiger charge is 2.11. The van der Waals surface area contributed by atoms with E-state index in [4.69, 9.17) is 22.1 Å². The molecule has 0 heterocycles. The van der Waals surface area contributed by atoms with Crippen molar-refractivity contribution >= 4 is 23.0 Å². The highest BCUT2D eigenvalue weighted by atomic mass is 35.5. The Kier molecular flexibility index (Phi) is 4.29. The van der Waals surface area contributed by atoms with Crippen LogP contribution in [0.3, 0.4) is 0 Å². The topological polar surface area (TPSA) is 47.3 Å². The Morgan fingerprint density at radius 2 is 2.05 bits per heavy atom. The van der Waals surface area contributed by atoms with Crippen LogP contribution >= 0.6 is 11.6 Å². The summed E-state index contributed by atoms with van der Waals surface area (Å²) in [7, 11) is 1.52. The Hall–Kier alpha value is -2.01. The van der Waals surface area contributed by atoms with E-state index in [1.54, 1.807) is 18.2 Å². The fourth-order valence-electron chi connectivity index (χ4n) is 1.82. The Balaban J connectivity index is 2.26. The molecule has 0 aliphatic rings. The molecule has 0 aromatic heterocycles. The summed E-state index contributed by atoms with van der Waals surface area (Å²) in [6.07, 6.45) is 0. The molecule has 0 radical (unpaired) electrons. The number of benzene rings is 2. The molecule has 0 bridgehead atoms. The van der Waals surface area contributed by atoms with E-state index in [2.05, 4.69) is 5.32 Å². The minimum Gasteiger partial charge on any atom is -0.496 e. The van der Waals surface area contributed by atoms with Gasteiger partial charge in [-0.1, -0.05) is 17.7 Å². The molecular formula is C14H13ClF2N2O. The third kappa shape index (κ3) is 2.93. The van der Waals surface area contributed by atoms with Crippen LogP contribution in [0.2, 0.25) is 5.02 Å². The molecule has 0 spiro atoms. The van der Waals surface area contributed by atoms with E-state index in [1.807, 2.05) is 0 Å². The van der Waals surface area contributed by atoms with Crippen molar-refractivity contribution in [3.8, 4) is 5.75 Å². The number of hydrogen-bond donors (Lipinski definition) is 2. The molecule has 20 heavy (non-hydrogen) atoms. The van der Waals surface area contributed by atoms with E-state index in [-0.39, 0.29) is 17.9 Å². The zero-order valence-electron chi connectivity index (χ0n) is 10.7. The normalized spacial score (nSPS) is 10.4. The van der Waals surface area contributed by atoms with Crippen molar-refractivity contribution in [2.45, 2.75) is 6.54 Å². The molecule has 6 heteroatoms. The Labute approximate surface area is 120 Å². The van der Waals surface area contributed by atoms with Crippen LogP contribution in [0.5, 0.6) is 5.75 Å². The highest BCUT2D eigenvalue weighted by molar-refractivity contribution is 6.31. The highest BCUT2D eigenvalue weighted by Crippen LogP contribution is 2.29. The first-order valence-corrected chi connectivity index (χ1v) is 6.20. The molecule has 0 saturated heterocycles. The fourth-order valence-corrected chi connectivity index (χ4v) is 2.05. The second kappa shape index (κ2) is 5.96. The van der Waals surface area contributed by atoms with Crippen molar-refractivity contribution in [3.05, 3.63) is 52.6 Å². The average molecular weight is 299 g/mol. The van der Waals surface area contributed by atoms with E-state index in [1.165, 1.54) is 7.11 Å². The fraction of sp³-hybridized carbons (Fsp3) is 0.143. The smallest absolute Gasteiger partial charge is 0.151 e. The summed E-state index contributed by atoms with van der Waals surface area (Å²) in [6, 6.07) is 7.06. The lowest BCUT2D eigenvalue weighted by atomic mass is 10.2. The number of halogens is 3. The molecule has 3 nitrogen and oxygen atoms in total. The first-order chi connectivity index (χ1) is 9.52. The van der Waals surface area contributed by atoms with Gasteiger partial charge < -0.3 is 15.8 Å². The first-order valence-electron chi connectivity index (χ1n) is 5.82. The molecule has 106 valence electrons. The SMILES string of the molecule is COc1cccc(Cl)c1CNc1cc(F)cc(F)c1N. The van der Waals surface area contributed by atoms with E-state index in [0.29, 0.717) is 16.3 Å². The molecule has 0 aliphatic heterocycles. The summed E-state index contributed by atoms with van der Waals surface area (Å²) in [5, 5.41) is 3.35. The van der Waals surface area contributed by atoms with Crippen LogP contribution in [-0.2, 0) is 6.54 Å². The number of methoxy groups -OCH3 is 1. The summed E-state index contributed by atoms with van der Waals surface area (Å²) < 4.78 is 31.7. The van der Waals surface area contributed by atoms with Gasteiger partial charge in [0.1, 0.15) is 11.6 Å². The van der Waals surface area contributed by atoms with Gasteiger partial charge in [0.25, 0.3) is 0 Å². The molecule has 0 unspecified atom stereocenters. The van der Waals surface area contributed by atoms with Gasteiger partial charge in [-0.05, 0) is 18.2 Å². The van der Waals surface area contributed by atoms with Gasteiger partial charge >= 0.3 is 0 Å². The van der Waals surface area contributed by atoms with Crippen molar-refractivity contribution in [3.63, 3.8) is 0 Å². The molecule has 3 N–H and O–H groups in total. The lowest BCUT2D eigenvalue weighted by molar-refractivity contribution is 0.410. The second-order valence-electron chi connectivity index (χ2n) is 4.12. The standard InChI is InChI=1S/C14H13ClF2N2O/c1-20-13-4-2-3-10(15)9(13)7-19-12-6-8(16)5-11(17)14(12)18/h2-6,19H,7,18H2,1H3. The number of ether oxygens (including phenoxy) is 1. The summed E-state index contributed by atoms with van der Waals surface area (Å²) >= 11 is 6.08. The number of nitrogens with one attached hydrogen (secondary N) is 1. The van der Waals surface area contributed by atoms with Crippen LogP contribution in [0.1, 0.15) is 5.56 Å². The van der Waals surface area contributed by atoms with Gasteiger partial charge in [0, 0.05) is 23.2 Å². The third-order valence-corrected chi connectivity index (χ3v) is 3.20. The van der Waals surface area contributed by atoms with Gasteiger partial charge in [-0.3, -0.25) is 0 Å². The summed E-state index contributed by atoms with van der Waals surface area (Å²) in [6.45, 7) is 0.232. The van der Waals surface area contributed by atoms with Gasteiger partial charge in [0.15, 0.2) is 5.82 Å².